The number of ether oxygens (including phenoxy) is 2. The molecular formula is C19H25N3O3. The molecule has 1 spiro atoms. The zero-order valence-corrected chi connectivity index (χ0v) is 14.7. The maximum absolute atomic E-state index is 6.12. The molecule has 0 aromatic carbocycles. The van der Waals surface area contributed by atoms with E-state index in [9.17, 15) is 0 Å². The molecule has 2 aliphatic heterocycles. The van der Waals surface area contributed by atoms with Gasteiger partial charge in [0, 0.05) is 45.1 Å². The molecule has 0 saturated carbocycles. The zero-order valence-electron chi connectivity index (χ0n) is 14.7. The van der Waals surface area contributed by atoms with Crippen LogP contribution in [0.4, 0.5) is 0 Å². The van der Waals surface area contributed by atoms with Gasteiger partial charge in [0.05, 0.1) is 23.6 Å². The number of likely N-dealkylation sites (tertiary alicyclic amines) is 1. The van der Waals surface area contributed by atoms with E-state index in [0.717, 1.165) is 62.8 Å². The van der Waals surface area contributed by atoms with E-state index < -0.39 is 0 Å². The number of rotatable bonds is 7. The minimum atomic E-state index is 0.0210. The topological polar surface area (TPSA) is 60.6 Å². The summed E-state index contributed by atoms with van der Waals surface area (Å²) in [6.45, 7) is 6.92. The van der Waals surface area contributed by atoms with Crippen LogP contribution in [0.2, 0.25) is 0 Å². The van der Waals surface area contributed by atoms with Crippen LogP contribution in [0.15, 0.2) is 35.0 Å². The quantitative estimate of drug-likeness (QED) is 0.720. The Hall–Kier alpha value is -1.76. The Morgan fingerprint density at radius 2 is 2.24 bits per heavy atom. The fraction of sp³-hybridized carbons (Fsp3) is 0.579. The van der Waals surface area contributed by atoms with Gasteiger partial charge in [-0.15, -0.1) is 0 Å². The van der Waals surface area contributed by atoms with Crippen LogP contribution in [0.1, 0.15) is 30.0 Å². The van der Waals surface area contributed by atoms with Gasteiger partial charge in [0.1, 0.15) is 5.76 Å². The fourth-order valence-electron chi connectivity index (χ4n) is 3.97. The lowest BCUT2D eigenvalue weighted by Crippen LogP contribution is -2.64. The molecule has 0 bridgehead atoms. The van der Waals surface area contributed by atoms with Gasteiger partial charge < -0.3 is 14.0 Å². The van der Waals surface area contributed by atoms with Crippen molar-refractivity contribution in [2.24, 2.45) is 5.92 Å². The van der Waals surface area contributed by atoms with Crippen LogP contribution in [0.5, 0.6) is 0 Å². The van der Waals surface area contributed by atoms with Gasteiger partial charge in [-0.3, -0.25) is 9.88 Å². The van der Waals surface area contributed by atoms with E-state index in [2.05, 4.69) is 15.0 Å². The van der Waals surface area contributed by atoms with Gasteiger partial charge in [-0.25, -0.2) is 0 Å². The lowest BCUT2D eigenvalue weighted by molar-refractivity contribution is -0.139. The lowest BCUT2D eigenvalue weighted by Gasteiger charge is -2.50. The Kier molecular flexibility index (Phi) is 4.83. The van der Waals surface area contributed by atoms with Crippen LogP contribution in [-0.2, 0) is 22.6 Å². The summed E-state index contributed by atoms with van der Waals surface area (Å²) < 4.78 is 17.1. The second kappa shape index (κ2) is 7.23. The largest absolute Gasteiger partial charge is 0.375 e. The van der Waals surface area contributed by atoms with Gasteiger partial charge >= 0.3 is 0 Å². The van der Waals surface area contributed by atoms with Crippen molar-refractivity contribution in [1.29, 1.82) is 0 Å². The molecule has 2 fully saturated rings. The highest BCUT2D eigenvalue weighted by molar-refractivity contribution is 5.09. The number of aromatic nitrogens is 2. The molecule has 0 amide bonds. The molecule has 4 rings (SSSR count). The SMILES string of the molecule is Cc1cc(CN2CC3(C2)OCCC3CCOCc2ccccn2)no1. The highest BCUT2D eigenvalue weighted by atomic mass is 16.5. The molecule has 2 aromatic rings. The smallest absolute Gasteiger partial charge is 0.133 e. The normalized spacial score (nSPS) is 22.4. The molecule has 0 N–H and O–H groups in total. The van der Waals surface area contributed by atoms with Crippen LogP contribution >= 0.6 is 0 Å². The van der Waals surface area contributed by atoms with E-state index >= 15 is 0 Å². The van der Waals surface area contributed by atoms with Crippen molar-refractivity contribution < 1.29 is 14.0 Å². The predicted molar refractivity (Wildman–Crippen MR) is 91.8 cm³/mol. The first-order valence-corrected chi connectivity index (χ1v) is 9.00. The number of pyridine rings is 1. The summed E-state index contributed by atoms with van der Waals surface area (Å²) in [5, 5.41) is 4.08. The first kappa shape index (κ1) is 16.7. The Bertz CT molecular complexity index is 682. The highest BCUT2D eigenvalue weighted by Crippen LogP contribution is 2.42. The lowest BCUT2D eigenvalue weighted by atomic mass is 9.79. The molecule has 6 heteroatoms. The van der Waals surface area contributed by atoms with E-state index in [1.54, 1.807) is 6.20 Å². The van der Waals surface area contributed by atoms with E-state index in [-0.39, 0.29) is 5.60 Å². The van der Waals surface area contributed by atoms with E-state index in [1.165, 1.54) is 0 Å². The van der Waals surface area contributed by atoms with Crippen LogP contribution < -0.4 is 0 Å². The zero-order chi connectivity index (χ0) is 17.1. The third-order valence-corrected chi connectivity index (χ3v) is 5.23. The minimum absolute atomic E-state index is 0.0210. The average molecular weight is 343 g/mol. The summed E-state index contributed by atoms with van der Waals surface area (Å²) >= 11 is 0. The van der Waals surface area contributed by atoms with Crippen LogP contribution in [-0.4, -0.2) is 46.9 Å². The monoisotopic (exact) mass is 343 g/mol. The van der Waals surface area contributed by atoms with Crippen molar-refractivity contribution in [3.05, 3.63) is 47.6 Å². The average Bonchev–Trinajstić information content (AvgIpc) is 3.19. The van der Waals surface area contributed by atoms with Gasteiger partial charge in [-0.05, 0) is 37.8 Å². The maximum atomic E-state index is 6.12. The Balaban J connectivity index is 1.21. The highest BCUT2D eigenvalue weighted by Gasteiger charge is 2.52. The summed E-state index contributed by atoms with van der Waals surface area (Å²) in [7, 11) is 0. The Morgan fingerprint density at radius 1 is 1.32 bits per heavy atom. The van der Waals surface area contributed by atoms with Gasteiger partial charge in [0.25, 0.3) is 0 Å². The fourth-order valence-corrected chi connectivity index (χ4v) is 3.97. The van der Waals surface area contributed by atoms with Crippen molar-refractivity contribution in [3.63, 3.8) is 0 Å². The molecular weight excluding hydrogens is 318 g/mol. The summed E-state index contributed by atoms with van der Waals surface area (Å²) in [6.07, 6.45) is 3.98. The van der Waals surface area contributed by atoms with Crippen molar-refractivity contribution >= 4 is 0 Å². The molecule has 0 aliphatic carbocycles. The summed E-state index contributed by atoms with van der Waals surface area (Å²) in [5.41, 5.74) is 2.01. The van der Waals surface area contributed by atoms with E-state index in [1.807, 2.05) is 31.2 Å². The maximum Gasteiger partial charge on any atom is 0.133 e. The Labute approximate surface area is 148 Å². The molecule has 4 heterocycles. The molecule has 1 unspecified atom stereocenters. The van der Waals surface area contributed by atoms with Gasteiger partial charge in [0.2, 0.25) is 0 Å². The standard InChI is InChI=1S/C19H25N3O3/c1-15-10-18(21-25-15)11-22-13-19(14-22)16(6-9-24-19)5-8-23-12-17-4-2-3-7-20-17/h2-4,7,10,16H,5-6,8-9,11-14H2,1H3. The number of hydrogen-bond acceptors (Lipinski definition) is 6. The third-order valence-electron chi connectivity index (χ3n) is 5.23. The van der Waals surface area contributed by atoms with Crippen molar-refractivity contribution in [1.82, 2.24) is 15.0 Å². The van der Waals surface area contributed by atoms with Crippen molar-refractivity contribution in [2.45, 2.75) is 38.5 Å². The first-order valence-electron chi connectivity index (χ1n) is 9.00. The molecule has 134 valence electrons. The molecule has 0 radical (unpaired) electrons. The second-order valence-electron chi connectivity index (χ2n) is 7.14. The van der Waals surface area contributed by atoms with Crippen LogP contribution in [0.3, 0.4) is 0 Å². The van der Waals surface area contributed by atoms with Gasteiger partial charge in [-0.2, -0.15) is 0 Å². The van der Waals surface area contributed by atoms with Crippen LogP contribution in [0.25, 0.3) is 0 Å². The molecule has 2 aromatic heterocycles. The van der Waals surface area contributed by atoms with Gasteiger partial charge in [0.15, 0.2) is 0 Å². The number of hydrogen-bond donors (Lipinski definition) is 0. The summed E-state index contributed by atoms with van der Waals surface area (Å²) in [5.74, 6) is 1.44. The van der Waals surface area contributed by atoms with E-state index in [4.69, 9.17) is 14.0 Å². The van der Waals surface area contributed by atoms with Gasteiger partial charge in [-0.1, -0.05) is 11.2 Å². The summed E-state index contributed by atoms with van der Waals surface area (Å²) in [4.78, 5) is 6.66. The van der Waals surface area contributed by atoms with Crippen molar-refractivity contribution in [3.8, 4) is 0 Å². The Morgan fingerprint density at radius 3 is 3.00 bits per heavy atom. The third kappa shape index (κ3) is 3.76. The first-order chi connectivity index (χ1) is 12.2. The number of aryl methyl sites for hydroxylation is 1. The summed E-state index contributed by atoms with van der Waals surface area (Å²) in [6, 6.07) is 7.91. The molecule has 2 aliphatic rings. The molecule has 2 saturated heterocycles. The molecule has 6 nitrogen and oxygen atoms in total. The van der Waals surface area contributed by atoms with E-state index in [0.29, 0.717) is 12.5 Å². The minimum Gasteiger partial charge on any atom is -0.375 e. The molecule has 1 atom stereocenters. The second-order valence-corrected chi connectivity index (χ2v) is 7.14. The van der Waals surface area contributed by atoms with Crippen LogP contribution in [0, 0.1) is 12.8 Å². The predicted octanol–water partition coefficient (Wildman–Crippen LogP) is 2.58. The number of nitrogens with zero attached hydrogens (tertiary/aromatic N) is 3. The molecule has 25 heavy (non-hydrogen) atoms. The van der Waals surface area contributed by atoms with Crippen molar-refractivity contribution in [2.75, 3.05) is 26.3 Å².